The Balaban J connectivity index is 1.46. The summed E-state index contributed by atoms with van der Waals surface area (Å²) in [5, 5.41) is 0. The maximum absolute atomic E-state index is 5.98. The molecule has 0 aromatic heterocycles. The Bertz CT molecular complexity index is 310. The first kappa shape index (κ1) is 13.6. The van der Waals surface area contributed by atoms with E-state index in [4.69, 9.17) is 5.84 Å². The van der Waals surface area contributed by atoms with E-state index in [9.17, 15) is 0 Å². The molecule has 3 N–H and O–H groups in total. The number of nitrogens with one attached hydrogen (secondary N) is 1. The van der Waals surface area contributed by atoms with Gasteiger partial charge >= 0.3 is 0 Å². The summed E-state index contributed by atoms with van der Waals surface area (Å²) in [6, 6.07) is 0.603. The Kier molecular flexibility index (Phi) is 3.58. The van der Waals surface area contributed by atoms with Crippen molar-refractivity contribution in [3.8, 4) is 0 Å². The molecule has 1 unspecified atom stereocenters. The fourth-order valence-electron chi connectivity index (χ4n) is 6.90. The highest BCUT2D eigenvalue weighted by Gasteiger charge is 2.51. The molecule has 0 saturated heterocycles. The number of rotatable bonds is 4. The second-order valence-corrected chi connectivity index (χ2v) is 8.79. The average Bonchev–Trinajstić information content (AvgIpc) is 2.44. The zero-order valence-electron chi connectivity index (χ0n) is 12.9. The van der Waals surface area contributed by atoms with Crippen LogP contribution >= 0.6 is 0 Å². The number of hydrogen-bond donors (Lipinski definition) is 2. The zero-order valence-corrected chi connectivity index (χ0v) is 12.9. The summed E-state index contributed by atoms with van der Waals surface area (Å²) >= 11 is 0. The van der Waals surface area contributed by atoms with E-state index in [0.717, 1.165) is 23.7 Å². The first-order chi connectivity index (χ1) is 9.76. The van der Waals surface area contributed by atoms with Crippen molar-refractivity contribution in [1.29, 1.82) is 0 Å². The summed E-state index contributed by atoms with van der Waals surface area (Å²) in [4.78, 5) is 0. The average molecular weight is 276 g/mol. The molecular formula is C18H32N2. The molecule has 1 atom stereocenters. The maximum atomic E-state index is 5.98. The van der Waals surface area contributed by atoms with Gasteiger partial charge in [0.15, 0.2) is 0 Å². The van der Waals surface area contributed by atoms with E-state index in [-0.39, 0.29) is 0 Å². The van der Waals surface area contributed by atoms with Crippen molar-refractivity contribution in [2.24, 2.45) is 34.9 Å². The molecule has 20 heavy (non-hydrogen) atoms. The van der Waals surface area contributed by atoms with Crippen molar-refractivity contribution < 1.29 is 0 Å². The minimum atomic E-state index is 0.603. The number of nitrogens with two attached hydrogens (primary N) is 1. The first-order valence-electron chi connectivity index (χ1n) is 9.22. The van der Waals surface area contributed by atoms with Crippen LogP contribution in [0.1, 0.15) is 77.0 Å². The van der Waals surface area contributed by atoms with Gasteiger partial charge in [-0.25, -0.2) is 0 Å². The summed E-state index contributed by atoms with van der Waals surface area (Å²) < 4.78 is 0. The monoisotopic (exact) mass is 276 g/mol. The molecule has 5 saturated carbocycles. The Morgan fingerprint density at radius 3 is 1.95 bits per heavy atom. The summed E-state index contributed by atoms with van der Waals surface area (Å²) in [6.45, 7) is 0. The molecule has 0 radical (unpaired) electrons. The molecule has 2 heteroatoms. The van der Waals surface area contributed by atoms with Gasteiger partial charge in [-0.05, 0) is 86.9 Å². The zero-order chi connectivity index (χ0) is 13.6. The smallest absolute Gasteiger partial charge is 0.0244 e. The van der Waals surface area contributed by atoms with Gasteiger partial charge in [-0.3, -0.25) is 11.3 Å². The lowest BCUT2D eigenvalue weighted by Gasteiger charge is -2.58. The molecule has 0 aliphatic heterocycles. The van der Waals surface area contributed by atoms with Gasteiger partial charge < -0.3 is 0 Å². The molecule has 5 fully saturated rings. The second kappa shape index (κ2) is 5.28. The molecule has 2 nitrogen and oxygen atoms in total. The maximum Gasteiger partial charge on any atom is 0.0244 e. The quantitative estimate of drug-likeness (QED) is 0.601. The van der Waals surface area contributed by atoms with Crippen LogP contribution in [0.25, 0.3) is 0 Å². The lowest BCUT2D eigenvalue weighted by atomic mass is 9.48. The number of hydrogen-bond acceptors (Lipinski definition) is 2. The largest absolute Gasteiger partial charge is 0.271 e. The minimum Gasteiger partial charge on any atom is -0.271 e. The Hall–Kier alpha value is -0.0800. The SMILES string of the molecule is NNC(CC12CC3CC(CC(C3)C1)C2)C1CCCCC1. The third-order valence-corrected chi connectivity index (χ3v) is 7.25. The molecule has 5 aliphatic rings. The van der Waals surface area contributed by atoms with E-state index in [0.29, 0.717) is 11.5 Å². The highest BCUT2D eigenvalue weighted by molar-refractivity contribution is 5.03. The summed E-state index contributed by atoms with van der Waals surface area (Å²) in [5.41, 5.74) is 3.93. The van der Waals surface area contributed by atoms with Gasteiger partial charge in [0.25, 0.3) is 0 Å². The van der Waals surface area contributed by atoms with Crippen molar-refractivity contribution in [3.63, 3.8) is 0 Å². The summed E-state index contributed by atoms with van der Waals surface area (Å²) in [5.74, 6) is 10.1. The first-order valence-corrected chi connectivity index (χ1v) is 9.22. The van der Waals surface area contributed by atoms with Crippen LogP contribution < -0.4 is 11.3 Å². The molecule has 4 bridgehead atoms. The van der Waals surface area contributed by atoms with Crippen LogP contribution in [0.2, 0.25) is 0 Å². The van der Waals surface area contributed by atoms with Gasteiger partial charge in [0.1, 0.15) is 0 Å². The van der Waals surface area contributed by atoms with Crippen molar-refractivity contribution in [2.75, 3.05) is 0 Å². The molecule has 0 aromatic carbocycles. The van der Waals surface area contributed by atoms with Gasteiger partial charge in [-0.15, -0.1) is 0 Å². The highest BCUT2D eigenvalue weighted by Crippen LogP contribution is 2.62. The fraction of sp³-hybridized carbons (Fsp3) is 1.00. The fourth-order valence-corrected chi connectivity index (χ4v) is 6.90. The van der Waals surface area contributed by atoms with E-state index in [1.54, 1.807) is 19.3 Å². The summed E-state index contributed by atoms with van der Waals surface area (Å²) in [7, 11) is 0. The highest BCUT2D eigenvalue weighted by atomic mass is 15.2. The van der Waals surface area contributed by atoms with Crippen LogP contribution in [-0.4, -0.2) is 6.04 Å². The lowest BCUT2D eigenvalue weighted by Crippen LogP contribution is -2.51. The van der Waals surface area contributed by atoms with Gasteiger partial charge in [-0.2, -0.15) is 0 Å². The van der Waals surface area contributed by atoms with Crippen LogP contribution in [0.3, 0.4) is 0 Å². The third kappa shape index (κ3) is 2.43. The third-order valence-electron chi connectivity index (χ3n) is 7.25. The Morgan fingerprint density at radius 1 is 0.900 bits per heavy atom. The van der Waals surface area contributed by atoms with E-state index in [1.807, 2.05) is 0 Å². The Morgan fingerprint density at radius 2 is 1.45 bits per heavy atom. The van der Waals surface area contributed by atoms with E-state index in [1.165, 1.54) is 57.8 Å². The van der Waals surface area contributed by atoms with Crippen LogP contribution in [0.4, 0.5) is 0 Å². The predicted molar refractivity (Wildman–Crippen MR) is 82.9 cm³/mol. The van der Waals surface area contributed by atoms with E-state index >= 15 is 0 Å². The topological polar surface area (TPSA) is 38.0 Å². The van der Waals surface area contributed by atoms with Crippen LogP contribution in [-0.2, 0) is 0 Å². The minimum absolute atomic E-state index is 0.603. The molecule has 0 heterocycles. The van der Waals surface area contributed by atoms with Gasteiger partial charge in [0.2, 0.25) is 0 Å². The molecular weight excluding hydrogens is 244 g/mol. The van der Waals surface area contributed by atoms with Gasteiger partial charge in [0, 0.05) is 6.04 Å². The molecule has 5 aliphatic carbocycles. The summed E-state index contributed by atoms with van der Waals surface area (Å²) in [6.07, 6.45) is 17.8. The molecule has 114 valence electrons. The van der Waals surface area contributed by atoms with Gasteiger partial charge in [-0.1, -0.05) is 19.3 Å². The molecule has 0 amide bonds. The van der Waals surface area contributed by atoms with Crippen LogP contribution in [0, 0.1) is 29.1 Å². The Labute approximate surface area is 124 Å². The van der Waals surface area contributed by atoms with Crippen molar-refractivity contribution in [1.82, 2.24) is 5.43 Å². The van der Waals surface area contributed by atoms with Crippen molar-refractivity contribution in [2.45, 2.75) is 83.1 Å². The van der Waals surface area contributed by atoms with E-state index in [2.05, 4.69) is 5.43 Å². The lowest BCUT2D eigenvalue weighted by molar-refractivity contribution is -0.0658. The van der Waals surface area contributed by atoms with E-state index < -0.39 is 0 Å². The molecule has 0 spiro atoms. The molecule has 0 aromatic rings. The second-order valence-electron chi connectivity index (χ2n) is 8.79. The standard InChI is InChI=1S/C18H32N2/c19-20-17(16-4-2-1-3-5-16)12-18-9-13-6-14(10-18)8-15(7-13)11-18/h13-17,20H,1-12,19H2. The molecule has 5 rings (SSSR count). The van der Waals surface area contributed by atoms with Crippen molar-refractivity contribution >= 4 is 0 Å². The van der Waals surface area contributed by atoms with Crippen molar-refractivity contribution in [3.05, 3.63) is 0 Å². The van der Waals surface area contributed by atoms with Gasteiger partial charge in [0.05, 0.1) is 0 Å². The van der Waals surface area contributed by atoms with Crippen LogP contribution in [0.5, 0.6) is 0 Å². The normalized spacial score (nSPS) is 45.8. The predicted octanol–water partition coefficient (Wildman–Crippen LogP) is 4.01. The number of hydrazine groups is 1. The van der Waals surface area contributed by atoms with Crippen LogP contribution in [0.15, 0.2) is 0 Å².